The van der Waals surface area contributed by atoms with E-state index in [2.05, 4.69) is 161 Å². The molecule has 0 radical (unpaired) electrons. The number of hydrogen-bond acceptors (Lipinski definition) is 4. The Morgan fingerprint density at radius 1 is 0.622 bits per heavy atom. The van der Waals surface area contributed by atoms with Crippen LogP contribution < -0.4 is 25.5 Å². The highest BCUT2D eigenvalue weighted by Crippen LogP contribution is 2.79. The van der Waals surface area contributed by atoms with Crippen LogP contribution in [0.3, 0.4) is 0 Å². The molecule has 1 aliphatic rings. The zero-order valence-electron chi connectivity index (χ0n) is 23.7. The van der Waals surface area contributed by atoms with E-state index in [1.807, 2.05) is 0 Å². The van der Waals surface area contributed by atoms with E-state index in [1.54, 1.807) is 0 Å². The molecule has 0 spiro atoms. The molecule has 37 heavy (non-hydrogen) atoms. The maximum Gasteiger partial charge on any atom is 0.260 e. The lowest BCUT2D eigenvalue weighted by Gasteiger charge is -2.63. The van der Waals surface area contributed by atoms with Gasteiger partial charge in [0.2, 0.25) is 0 Å². The van der Waals surface area contributed by atoms with E-state index in [4.69, 9.17) is 4.52 Å². The number of benzene rings is 3. The van der Waals surface area contributed by atoms with Gasteiger partial charge in [-0.05, 0) is 86.9 Å². The van der Waals surface area contributed by atoms with Gasteiger partial charge in [0.05, 0.1) is 0 Å². The van der Waals surface area contributed by atoms with Gasteiger partial charge in [-0.2, -0.15) is 8.88 Å². The van der Waals surface area contributed by atoms with Crippen molar-refractivity contribution in [2.75, 3.05) is 0 Å². The van der Waals surface area contributed by atoms with E-state index in [0.717, 1.165) is 5.75 Å². The summed E-state index contributed by atoms with van der Waals surface area (Å²) in [5, 5.41) is 7.86. The largest absolute Gasteiger partial charge is 0.443 e. The fourth-order valence-corrected chi connectivity index (χ4v) is 12.5. The molecule has 1 saturated heterocycles. The Morgan fingerprint density at radius 3 is 1.49 bits per heavy atom. The van der Waals surface area contributed by atoms with E-state index in [1.165, 1.54) is 15.9 Å². The standard InChI is InChI=1S/C30H42N3OP3/c1-28(2,3)31-36-32(29(4,5)6)37(33(36)30(7,8)9)34-26-22-16-17-23-27(26)35(24-18-12-10-13-19-24)25-20-14-11-15-21-25/h10-23,31H,1-9H3. The number of hydrogen-bond donors (Lipinski definition) is 1. The van der Waals surface area contributed by atoms with E-state index in [-0.39, 0.29) is 16.6 Å². The molecular weight excluding hydrogens is 511 g/mol. The van der Waals surface area contributed by atoms with E-state index < -0.39 is 24.7 Å². The number of nitrogens with one attached hydrogen (secondary N) is 1. The maximum absolute atomic E-state index is 7.14. The first-order valence-electron chi connectivity index (χ1n) is 12.9. The van der Waals surface area contributed by atoms with Crippen molar-refractivity contribution in [2.45, 2.75) is 78.9 Å². The maximum atomic E-state index is 7.14. The second-order valence-corrected chi connectivity index (χ2v) is 18.3. The third-order valence-corrected chi connectivity index (χ3v) is 15.0. The lowest BCUT2D eigenvalue weighted by molar-refractivity contribution is 0.243. The number of nitrogens with zero attached hydrogens (tertiary/aromatic N) is 2. The fourth-order valence-electron chi connectivity index (χ4n) is 4.22. The molecular formula is C30H42N3OP3. The molecule has 0 aliphatic carbocycles. The first-order chi connectivity index (χ1) is 17.3. The predicted molar refractivity (Wildman–Crippen MR) is 166 cm³/mol. The summed E-state index contributed by atoms with van der Waals surface area (Å²) in [6.07, 6.45) is 0. The fraction of sp³-hybridized carbons (Fsp3) is 0.400. The van der Waals surface area contributed by atoms with Gasteiger partial charge in [0.25, 0.3) is 8.45 Å². The van der Waals surface area contributed by atoms with Crippen LogP contribution in [0.1, 0.15) is 62.3 Å². The van der Waals surface area contributed by atoms with Crippen LogP contribution >= 0.6 is 24.7 Å². The zero-order chi connectivity index (χ0) is 27.0. The molecule has 0 saturated carbocycles. The molecule has 3 aromatic rings. The summed E-state index contributed by atoms with van der Waals surface area (Å²) in [4.78, 5) is 0. The number of rotatable bonds is 6. The Kier molecular flexibility index (Phi) is 8.52. The molecule has 0 unspecified atom stereocenters. The van der Waals surface area contributed by atoms with Crippen molar-refractivity contribution in [3.05, 3.63) is 84.9 Å². The van der Waals surface area contributed by atoms with Gasteiger partial charge in [0.1, 0.15) is 14.1 Å². The van der Waals surface area contributed by atoms with E-state index in [0.29, 0.717) is 0 Å². The van der Waals surface area contributed by atoms with Crippen LogP contribution in [-0.4, -0.2) is 25.5 Å². The first kappa shape index (κ1) is 28.6. The summed E-state index contributed by atoms with van der Waals surface area (Å²) < 4.78 is 12.3. The second-order valence-electron chi connectivity index (χ2n) is 12.4. The Morgan fingerprint density at radius 2 is 1.05 bits per heavy atom. The van der Waals surface area contributed by atoms with Crippen LogP contribution in [0.2, 0.25) is 0 Å². The summed E-state index contributed by atoms with van der Waals surface area (Å²) in [5.41, 5.74) is -0.0567. The van der Waals surface area contributed by atoms with Crippen molar-refractivity contribution in [3.8, 4) is 5.75 Å². The lowest BCUT2D eigenvalue weighted by Crippen LogP contribution is -2.58. The van der Waals surface area contributed by atoms with Crippen LogP contribution in [0, 0.1) is 0 Å². The van der Waals surface area contributed by atoms with Gasteiger partial charge in [-0.25, -0.2) is 0 Å². The Labute approximate surface area is 228 Å². The van der Waals surface area contributed by atoms with E-state index in [9.17, 15) is 0 Å². The highest BCUT2D eigenvalue weighted by molar-refractivity contribution is 7.80. The molecule has 1 heterocycles. The van der Waals surface area contributed by atoms with Crippen molar-refractivity contribution in [2.24, 2.45) is 0 Å². The van der Waals surface area contributed by atoms with Crippen molar-refractivity contribution < 1.29 is 4.52 Å². The normalized spacial score (nSPS) is 19.6. The molecule has 1 fully saturated rings. The van der Waals surface area contributed by atoms with Gasteiger partial charge >= 0.3 is 0 Å². The molecule has 0 amide bonds. The molecule has 3 aromatic carbocycles. The summed E-state index contributed by atoms with van der Waals surface area (Å²) in [7, 11) is -2.47. The van der Waals surface area contributed by atoms with Gasteiger partial charge in [-0.15, -0.1) is 0 Å². The highest BCUT2D eigenvalue weighted by Gasteiger charge is 2.59. The zero-order valence-corrected chi connectivity index (χ0v) is 26.4. The van der Waals surface area contributed by atoms with Crippen molar-refractivity contribution >= 4 is 40.7 Å². The van der Waals surface area contributed by atoms with E-state index >= 15 is 0 Å². The minimum Gasteiger partial charge on any atom is -0.443 e. The SMILES string of the molecule is CC(C)(C)NP1N(C(C)(C)C)P(Oc2ccccc2P(c2ccccc2)c2ccccc2)N1C(C)(C)C. The molecule has 4 rings (SSSR count). The quantitative estimate of drug-likeness (QED) is 0.314. The predicted octanol–water partition coefficient (Wildman–Crippen LogP) is 7.88. The molecule has 0 aromatic heterocycles. The smallest absolute Gasteiger partial charge is 0.260 e. The summed E-state index contributed by atoms with van der Waals surface area (Å²) in [6, 6.07) is 30.4. The van der Waals surface area contributed by atoms with Crippen LogP contribution in [0.5, 0.6) is 5.75 Å². The third kappa shape index (κ3) is 6.62. The van der Waals surface area contributed by atoms with Crippen LogP contribution in [0.15, 0.2) is 84.9 Å². The van der Waals surface area contributed by atoms with Crippen LogP contribution in [0.4, 0.5) is 0 Å². The van der Waals surface area contributed by atoms with Crippen molar-refractivity contribution in [3.63, 3.8) is 0 Å². The minimum absolute atomic E-state index is 0.00692. The third-order valence-electron chi connectivity index (χ3n) is 5.63. The molecule has 198 valence electrons. The van der Waals surface area contributed by atoms with Gasteiger partial charge < -0.3 is 4.52 Å². The molecule has 1 aliphatic heterocycles. The van der Waals surface area contributed by atoms with Crippen LogP contribution in [-0.2, 0) is 0 Å². The summed E-state index contributed by atoms with van der Waals surface area (Å²) >= 11 is 0. The average molecular weight is 554 g/mol. The molecule has 1 N–H and O–H groups in total. The Hall–Kier alpha value is -1.37. The Balaban J connectivity index is 1.78. The lowest BCUT2D eigenvalue weighted by atomic mass is 10.1. The van der Waals surface area contributed by atoms with Crippen LogP contribution in [0.25, 0.3) is 0 Å². The number of para-hydroxylation sites is 1. The monoisotopic (exact) mass is 553 g/mol. The molecule has 0 bridgehead atoms. The molecule has 4 nitrogen and oxygen atoms in total. The van der Waals surface area contributed by atoms with Crippen molar-refractivity contribution in [1.82, 2.24) is 14.0 Å². The van der Waals surface area contributed by atoms with Gasteiger partial charge in [-0.3, -0.25) is 5.09 Å². The minimum atomic E-state index is -1.00. The molecule has 0 atom stereocenters. The topological polar surface area (TPSA) is 27.7 Å². The second kappa shape index (κ2) is 11.0. The average Bonchev–Trinajstić information content (AvgIpc) is 2.78. The summed E-state index contributed by atoms with van der Waals surface area (Å²) in [6.45, 7) is 20.6. The van der Waals surface area contributed by atoms with Gasteiger partial charge in [0, 0.05) is 21.9 Å². The summed E-state index contributed by atoms with van der Waals surface area (Å²) in [5.74, 6) is 0.987. The highest BCUT2D eigenvalue weighted by atomic mass is 31.3. The molecule has 7 heteroatoms. The van der Waals surface area contributed by atoms with Gasteiger partial charge in [-0.1, -0.05) is 78.9 Å². The van der Waals surface area contributed by atoms with Crippen molar-refractivity contribution in [1.29, 1.82) is 0 Å². The first-order valence-corrected chi connectivity index (χ1v) is 16.7. The Bertz CT molecular complexity index is 1110. The van der Waals surface area contributed by atoms with Gasteiger partial charge in [0.15, 0.2) is 0 Å².